The van der Waals surface area contributed by atoms with Gasteiger partial charge in [-0.3, -0.25) is 4.90 Å². The fourth-order valence-electron chi connectivity index (χ4n) is 2.81. The summed E-state index contributed by atoms with van der Waals surface area (Å²) in [6.45, 7) is 7.47. The highest BCUT2D eigenvalue weighted by atomic mass is 35.5. The first-order valence-electron chi connectivity index (χ1n) is 7.58. The Morgan fingerprint density at radius 2 is 1.52 bits per heavy atom. The van der Waals surface area contributed by atoms with Gasteiger partial charge in [0.05, 0.1) is 0 Å². The Hall–Kier alpha value is -0.490. The van der Waals surface area contributed by atoms with Gasteiger partial charge in [-0.2, -0.15) is 0 Å². The number of hydrogen-bond donors (Lipinski definition) is 1. The largest absolute Gasteiger partial charge is 0.314 e. The zero-order valence-corrected chi connectivity index (χ0v) is 15.1. The number of halogens is 5. The molecule has 1 heterocycles. The van der Waals surface area contributed by atoms with E-state index in [-0.39, 0.29) is 36.4 Å². The van der Waals surface area contributed by atoms with E-state index >= 15 is 0 Å². The highest BCUT2D eigenvalue weighted by Crippen LogP contribution is 2.30. The summed E-state index contributed by atoms with van der Waals surface area (Å²) in [5.74, 6) is -2.26. The molecular formula is C16H25Cl2F3N2. The molecule has 0 radical (unpaired) electrons. The minimum Gasteiger partial charge on any atom is -0.314 e. The fraction of sp³-hybridized carbons (Fsp3) is 0.625. The Labute approximate surface area is 148 Å². The van der Waals surface area contributed by atoms with Crippen LogP contribution in [0.15, 0.2) is 12.1 Å². The Morgan fingerprint density at radius 3 is 2.09 bits per heavy atom. The number of piperazine rings is 1. The van der Waals surface area contributed by atoms with Crippen molar-refractivity contribution in [3.8, 4) is 0 Å². The molecule has 1 aliphatic heterocycles. The summed E-state index contributed by atoms with van der Waals surface area (Å²) in [4.78, 5) is 2.16. The lowest BCUT2D eigenvalue weighted by Gasteiger charge is -2.35. The molecule has 0 aliphatic carbocycles. The van der Waals surface area contributed by atoms with Gasteiger partial charge < -0.3 is 5.32 Å². The molecule has 0 saturated carbocycles. The van der Waals surface area contributed by atoms with Crippen LogP contribution in [0.5, 0.6) is 0 Å². The summed E-state index contributed by atoms with van der Waals surface area (Å²) in [6, 6.07) is 1.50. The van der Waals surface area contributed by atoms with Gasteiger partial charge in [0.1, 0.15) is 5.82 Å². The van der Waals surface area contributed by atoms with E-state index in [1.807, 2.05) is 0 Å². The number of nitrogens with one attached hydrogen (secondary N) is 1. The molecule has 1 aromatic rings. The Kier molecular flexibility index (Phi) is 10.2. The van der Waals surface area contributed by atoms with Crippen LogP contribution in [0.4, 0.5) is 13.2 Å². The molecule has 0 aromatic heterocycles. The van der Waals surface area contributed by atoms with Crippen LogP contribution >= 0.6 is 24.8 Å². The van der Waals surface area contributed by atoms with Gasteiger partial charge in [0.25, 0.3) is 0 Å². The summed E-state index contributed by atoms with van der Waals surface area (Å²) in [6.07, 6.45) is 1.67. The predicted molar refractivity (Wildman–Crippen MR) is 92.1 cm³/mol. The number of nitrogens with zero attached hydrogens (tertiary/aromatic N) is 1. The summed E-state index contributed by atoms with van der Waals surface area (Å²) in [5, 5.41) is 3.25. The number of benzene rings is 1. The number of rotatable bonds is 5. The van der Waals surface area contributed by atoms with E-state index in [1.54, 1.807) is 0 Å². The molecule has 134 valence electrons. The summed E-state index contributed by atoms with van der Waals surface area (Å²) in [5.41, 5.74) is 0.274. The summed E-state index contributed by atoms with van der Waals surface area (Å²) < 4.78 is 40.8. The molecule has 1 atom stereocenters. The van der Waals surface area contributed by atoms with Crippen LogP contribution in [-0.4, -0.2) is 31.1 Å². The molecule has 2 rings (SSSR count). The Balaban J connectivity index is 0.00000242. The van der Waals surface area contributed by atoms with Crippen molar-refractivity contribution in [3.63, 3.8) is 0 Å². The van der Waals surface area contributed by atoms with Crippen LogP contribution in [0.25, 0.3) is 0 Å². The standard InChI is InChI=1S/C16H23F3N2.2ClH/c1-11(2)3-4-16(21-7-5-20-6-8-21)12-9-14(18)15(19)10-13(12)17;;/h9-11,16,20H,3-8H2,1-2H3;2*1H/t16-;;/m1../s1. The predicted octanol–water partition coefficient (Wildman–Crippen LogP) is 4.33. The second kappa shape index (κ2) is 10.4. The third kappa shape index (κ3) is 6.14. The molecule has 1 saturated heterocycles. The zero-order valence-electron chi connectivity index (χ0n) is 13.4. The quantitative estimate of drug-likeness (QED) is 0.773. The molecule has 0 spiro atoms. The zero-order chi connectivity index (χ0) is 15.4. The van der Waals surface area contributed by atoms with E-state index in [0.29, 0.717) is 12.0 Å². The average molecular weight is 373 g/mol. The van der Waals surface area contributed by atoms with Crippen molar-refractivity contribution in [2.24, 2.45) is 5.92 Å². The van der Waals surface area contributed by atoms with E-state index in [2.05, 4.69) is 24.1 Å². The highest BCUT2D eigenvalue weighted by molar-refractivity contribution is 5.85. The van der Waals surface area contributed by atoms with Gasteiger partial charge in [-0.05, 0) is 24.8 Å². The minimum atomic E-state index is -1.13. The maximum absolute atomic E-state index is 14.1. The Bertz CT molecular complexity index is 481. The molecule has 1 fully saturated rings. The van der Waals surface area contributed by atoms with Gasteiger partial charge in [-0.25, -0.2) is 13.2 Å². The van der Waals surface area contributed by atoms with Crippen LogP contribution in [0.2, 0.25) is 0 Å². The molecule has 1 aliphatic rings. The summed E-state index contributed by atoms with van der Waals surface area (Å²) in [7, 11) is 0. The molecular weight excluding hydrogens is 348 g/mol. The normalized spacial score (nSPS) is 16.6. The van der Waals surface area contributed by atoms with E-state index in [9.17, 15) is 13.2 Å². The molecule has 7 heteroatoms. The van der Waals surface area contributed by atoms with Crippen molar-refractivity contribution in [1.29, 1.82) is 0 Å². The average Bonchev–Trinajstić information content (AvgIpc) is 2.45. The second-order valence-corrected chi connectivity index (χ2v) is 6.06. The lowest BCUT2D eigenvalue weighted by Crippen LogP contribution is -2.45. The topological polar surface area (TPSA) is 15.3 Å². The maximum Gasteiger partial charge on any atom is 0.161 e. The first kappa shape index (κ1) is 22.5. The molecule has 0 amide bonds. The maximum atomic E-state index is 14.1. The van der Waals surface area contributed by atoms with Gasteiger partial charge in [0, 0.05) is 43.9 Å². The van der Waals surface area contributed by atoms with Gasteiger partial charge in [0.15, 0.2) is 11.6 Å². The number of hydrogen-bond acceptors (Lipinski definition) is 2. The first-order chi connectivity index (χ1) is 9.99. The van der Waals surface area contributed by atoms with Crippen molar-refractivity contribution in [3.05, 3.63) is 35.1 Å². The van der Waals surface area contributed by atoms with E-state index in [0.717, 1.165) is 45.1 Å². The van der Waals surface area contributed by atoms with Crippen molar-refractivity contribution in [2.45, 2.75) is 32.7 Å². The monoisotopic (exact) mass is 372 g/mol. The van der Waals surface area contributed by atoms with Gasteiger partial charge >= 0.3 is 0 Å². The van der Waals surface area contributed by atoms with Crippen LogP contribution in [0, 0.1) is 23.4 Å². The fourth-order valence-corrected chi connectivity index (χ4v) is 2.81. The van der Waals surface area contributed by atoms with Gasteiger partial charge in [-0.15, -0.1) is 24.8 Å². The lowest BCUT2D eigenvalue weighted by molar-refractivity contribution is 0.156. The second-order valence-electron chi connectivity index (χ2n) is 6.06. The smallest absolute Gasteiger partial charge is 0.161 e. The SMILES string of the molecule is CC(C)CC[C@H](c1cc(F)c(F)cc1F)N1CCNCC1.Cl.Cl. The van der Waals surface area contributed by atoms with Crippen LogP contribution in [-0.2, 0) is 0 Å². The van der Waals surface area contributed by atoms with Crippen LogP contribution in [0.3, 0.4) is 0 Å². The Morgan fingerprint density at radius 1 is 0.957 bits per heavy atom. The van der Waals surface area contributed by atoms with Gasteiger partial charge in [0.2, 0.25) is 0 Å². The summed E-state index contributed by atoms with van der Waals surface area (Å²) >= 11 is 0. The third-order valence-electron chi connectivity index (χ3n) is 4.01. The van der Waals surface area contributed by atoms with Crippen molar-refractivity contribution in [2.75, 3.05) is 26.2 Å². The molecule has 1 aromatic carbocycles. The highest BCUT2D eigenvalue weighted by Gasteiger charge is 2.26. The van der Waals surface area contributed by atoms with Crippen LogP contribution in [0.1, 0.15) is 38.3 Å². The van der Waals surface area contributed by atoms with Crippen molar-refractivity contribution < 1.29 is 13.2 Å². The van der Waals surface area contributed by atoms with Crippen molar-refractivity contribution >= 4 is 24.8 Å². The van der Waals surface area contributed by atoms with E-state index < -0.39 is 17.5 Å². The molecule has 0 unspecified atom stereocenters. The van der Waals surface area contributed by atoms with Crippen molar-refractivity contribution in [1.82, 2.24) is 10.2 Å². The van der Waals surface area contributed by atoms with Gasteiger partial charge in [-0.1, -0.05) is 13.8 Å². The first-order valence-corrected chi connectivity index (χ1v) is 7.58. The minimum absolute atomic E-state index is 0. The lowest BCUT2D eigenvalue weighted by atomic mass is 9.95. The van der Waals surface area contributed by atoms with E-state index in [4.69, 9.17) is 0 Å². The molecule has 2 nitrogen and oxygen atoms in total. The molecule has 1 N–H and O–H groups in total. The third-order valence-corrected chi connectivity index (χ3v) is 4.01. The van der Waals surface area contributed by atoms with E-state index in [1.165, 1.54) is 0 Å². The molecule has 23 heavy (non-hydrogen) atoms. The molecule has 0 bridgehead atoms. The van der Waals surface area contributed by atoms with Crippen LogP contribution < -0.4 is 5.32 Å².